The van der Waals surface area contributed by atoms with Gasteiger partial charge in [-0.05, 0) is 66.5 Å². The summed E-state index contributed by atoms with van der Waals surface area (Å²) >= 11 is 0. The van der Waals surface area contributed by atoms with Crippen molar-refractivity contribution in [2.24, 2.45) is 0 Å². The van der Waals surface area contributed by atoms with Crippen LogP contribution in [0.1, 0.15) is 0 Å². The summed E-state index contributed by atoms with van der Waals surface area (Å²) in [4.78, 5) is 31.0. The van der Waals surface area contributed by atoms with Gasteiger partial charge in [0, 0.05) is 24.8 Å². The largest absolute Gasteiger partial charge is 0.421 e. The lowest BCUT2D eigenvalue weighted by Crippen LogP contribution is -2.67. The molecule has 0 saturated heterocycles. The summed E-state index contributed by atoms with van der Waals surface area (Å²) in [6.45, 7) is 0. The third-order valence-electron chi connectivity index (χ3n) is 8.84. The highest BCUT2D eigenvalue weighted by molar-refractivity contribution is 7.06. The van der Waals surface area contributed by atoms with Gasteiger partial charge >= 0.3 is 0 Å². The average molecular weight is 745 g/mol. The van der Waals surface area contributed by atoms with E-state index in [1.54, 1.807) is 24.8 Å². The highest BCUT2D eigenvalue weighted by atomic mass is 28.4. The Bertz CT molecular complexity index is 1830. The lowest BCUT2D eigenvalue weighted by Gasteiger charge is -2.26. The van der Waals surface area contributed by atoms with Crippen molar-refractivity contribution in [2.75, 3.05) is 0 Å². The fourth-order valence-corrected chi connectivity index (χ4v) is 12.2. The van der Waals surface area contributed by atoms with E-state index in [1.165, 1.54) is 11.1 Å². The lowest BCUT2D eigenvalue weighted by atomic mass is 10.1. The van der Waals surface area contributed by atoms with Gasteiger partial charge < -0.3 is 20.5 Å². The topological polar surface area (TPSA) is 129 Å². The van der Waals surface area contributed by atoms with Crippen LogP contribution in [0, 0.1) is 0 Å². The minimum Gasteiger partial charge on any atom is -0.421 e. The highest BCUT2D eigenvalue weighted by Gasteiger charge is 2.38. The molecule has 0 radical (unpaired) electrons. The number of hydrogen-bond donors (Lipinski definition) is 2. The first kappa shape index (κ1) is 40.7. The smallest absolute Gasteiger partial charge is 0.285 e. The van der Waals surface area contributed by atoms with Gasteiger partial charge in [-0.15, -0.1) is 0 Å². The maximum Gasteiger partial charge on any atom is 0.285 e. The molecular formula is C46H44N2O4Si2. The number of rotatable bonds is 7. The molecule has 6 aromatic carbocycles. The quantitative estimate of drug-likeness (QED) is 0.190. The first-order valence-corrected chi connectivity index (χ1v) is 21.1. The third-order valence-corrected chi connectivity index (χ3v) is 15.9. The van der Waals surface area contributed by atoms with E-state index in [0.717, 1.165) is 31.1 Å². The Hall–Kier alpha value is -6.11. The zero-order valence-corrected chi connectivity index (χ0v) is 31.7. The van der Waals surface area contributed by atoms with Crippen molar-refractivity contribution >= 4 is 47.8 Å². The molecule has 0 saturated carbocycles. The minimum atomic E-state index is -2.88. The molecule has 0 aliphatic heterocycles. The van der Waals surface area contributed by atoms with Crippen LogP contribution < -0.4 is 31.1 Å². The second-order valence-electron chi connectivity index (χ2n) is 12.1. The fourth-order valence-electron chi connectivity index (χ4n) is 6.16. The summed E-state index contributed by atoms with van der Waals surface area (Å²) in [7, 11) is -5.76. The number of hydrogen-bond acceptors (Lipinski definition) is 4. The van der Waals surface area contributed by atoms with Crippen LogP contribution in [0.15, 0.2) is 231 Å². The van der Waals surface area contributed by atoms with Gasteiger partial charge in [-0.2, -0.15) is 0 Å². The summed E-state index contributed by atoms with van der Waals surface area (Å²) in [6, 6.07) is 67.9. The lowest BCUT2D eigenvalue weighted by molar-refractivity contribution is 0.582. The van der Waals surface area contributed by atoms with Crippen molar-refractivity contribution < 1.29 is 20.5 Å². The summed E-state index contributed by atoms with van der Waals surface area (Å²) < 4.78 is 0. The Morgan fingerprint density at radius 2 is 0.426 bits per heavy atom. The molecule has 0 spiro atoms. The van der Waals surface area contributed by atoms with E-state index in [2.05, 4.69) is 9.97 Å². The number of benzene rings is 6. The van der Waals surface area contributed by atoms with Gasteiger partial charge in [0.2, 0.25) is 0 Å². The summed E-state index contributed by atoms with van der Waals surface area (Å²) in [6.07, 6.45) is 7.15. The first-order chi connectivity index (χ1) is 25.6. The van der Waals surface area contributed by atoms with Crippen molar-refractivity contribution in [1.29, 1.82) is 0 Å². The molecular weight excluding hydrogens is 701 g/mol. The maximum atomic E-state index is 11.6. The number of aromatic nitrogens is 2. The first-order valence-electron chi connectivity index (χ1n) is 17.2. The van der Waals surface area contributed by atoms with Gasteiger partial charge in [0.25, 0.3) is 16.6 Å². The van der Waals surface area contributed by atoms with E-state index >= 15 is 0 Å². The zero-order chi connectivity index (χ0) is 35.9. The molecule has 0 amide bonds. The molecule has 8 heteroatoms. The summed E-state index contributed by atoms with van der Waals surface area (Å²) in [5.41, 5.74) is 2.35. The molecule has 0 atom stereocenters. The fraction of sp³-hybridized carbons (Fsp3) is 0. The Labute approximate surface area is 319 Å². The molecule has 2 aromatic heterocycles. The van der Waals surface area contributed by atoms with Crippen LogP contribution in [-0.2, 0) is 0 Å². The van der Waals surface area contributed by atoms with Crippen molar-refractivity contribution in [3.05, 3.63) is 231 Å². The molecule has 0 aliphatic rings. The molecule has 0 fully saturated rings. The monoisotopic (exact) mass is 744 g/mol. The van der Waals surface area contributed by atoms with Crippen molar-refractivity contribution in [2.45, 2.75) is 0 Å². The van der Waals surface area contributed by atoms with Crippen molar-refractivity contribution in [3.8, 4) is 11.1 Å². The SMILES string of the molecule is O.O.O[Si](c1ccccc1)(c1ccccc1)c1ccccc1.O[Si](c1ccccc1)(c1ccccc1)c1ccccc1.c1cc(-c2ccncc2)ccn1. The van der Waals surface area contributed by atoms with Crippen LogP contribution in [0.25, 0.3) is 11.1 Å². The standard InChI is InChI=1S/2C18H16OSi.C10H8N2.2H2O/c2*19-20(16-10-4-1-5-11-16,17-12-6-2-7-13-17)18-14-8-3-9-15-18;1-5-11-6-2-9(1)10-3-7-12-8-4-10;;/h2*1-15,19H;1-8H;2*1H2. The van der Waals surface area contributed by atoms with Gasteiger partial charge in [0.1, 0.15) is 0 Å². The molecule has 8 rings (SSSR count). The summed E-state index contributed by atoms with van der Waals surface area (Å²) in [5, 5.41) is 6.07. The van der Waals surface area contributed by atoms with E-state index < -0.39 is 16.6 Å². The second-order valence-corrected chi connectivity index (χ2v) is 18.4. The van der Waals surface area contributed by atoms with Crippen molar-refractivity contribution in [3.63, 3.8) is 0 Å². The Morgan fingerprint density at radius 3 is 0.593 bits per heavy atom. The predicted molar refractivity (Wildman–Crippen MR) is 227 cm³/mol. The van der Waals surface area contributed by atoms with Gasteiger partial charge in [0.05, 0.1) is 0 Å². The number of nitrogens with zero attached hydrogens (tertiary/aromatic N) is 2. The second kappa shape index (κ2) is 20.2. The van der Waals surface area contributed by atoms with E-state index in [1.807, 2.05) is 206 Å². The molecule has 6 nitrogen and oxygen atoms in total. The maximum absolute atomic E-state index is 11.6. The van der Waals surface area contributed by atoms with Crippen molar-refractivity contribution in [1.82, 2.24) is 9.97 Å². The molecule has 0 aliphatic carbocycles. The molecule has 54 heavy (non-hydrogen) atoms. The molecule has 6 N–H and O–H groups in total. The normalized spacial score (nSPS) is 10.5. The zero-order valence-electron chi connectivity index (χ0n) is 29.7. The molecule has 270 valence electrons. The Balaban J connectivity index is 0.000000183. The Morgan fingerprint density at radius 1 is 0.259 bits per heavy atom. The molecule has 0 unspecified atom stereocenters. The van der Waals surface area contributed by atoms with Crippen LogP contribution in [0.4, 0.5) is 0 Å². The summed E-state index contributed by atoms with van der Waals surface area (Å²) in [5.74, 6) is 0. The Kier molecular flexibility index (Phi) is 15.2. The van der Waals surface area contributed by atoms with Crippen LogP contribution in [0.5, 0.6) is 0 Å². The molecule has 0 bridgehead atoms. The molecule has 8 aromatic rings. The predicted octanol–water partition coefficient (Wildman–Crippen LogP) is 3.79. The highest BCUT2D eigenvalue weighted by Crippen LogP contribution is 2.15. The van der Waals surface area contributed by atoms with Crippen LogP contribution in [-0.4, -0.2) is 47.1 Å². The van der Waals surface area contributed by atoms with Gasteiger partial charge in [-0.3, -0.25) is 9.97 Å². The van der Waals surface area contributed by atoms with Crippen LogP contribution >= 0.6 is 0 Å². The third kappa shape index (κ3) is 9.65. The van der Waals surface area contributed by atoms with E-state index in [4.69, 9.17) is 0 Å². The van der Waals surface area contributed by atoms with Crippen LogP contribution in [0.3, 0.4) is 0 Å². The van der Waals surface area contributed by atoms with E-state index in [-0.39, 0.29) is 11.0 Å². The number of pyridine rings is 2. The van der Waals surface area contributed by atoms with Gasteiger partial charge in [0.15, 0.2) is 0 Å². The van der Waals surface area contributed by atoms with E-state index in [0.29, 0.717) is 0 Å². The minimum absolute atomic E-state index is 0. The van der Waals surface area contributed by atoms with Gasteiger partial charge in [-0.1, -0.05) is 182 Å². The van der Waals surface area contributed by atoms with Gasteiger partial charge in [-0.25, -0.2) is 0 Å². The molecule has 2 heterocycles. The van der Waals surface area contributed by atoms with E-state index in [9.17, 15) is 9.59 Å². The average Bonchev–Trinajstić information content (AvgIpc) is 3.26. The van der Waals surface area contributed by atoms with Crippen LogP contribution in [0.2, 0.25) is 0 Å².